The van der Waals surface area contributed by atoms with E-state index in [2.05, 4.69) is 0 Å². The van der Waals surface area contributed by atoms with Crippen LogP contribution in [0.25, 0.3) is 0 Å². The monoisotopic (exact) mass is 226 g/mol. The smallest absolute Gasteiger partial charge is 0.239 e. The molecule has 1 saturated heterocycles. The zero-order valence-corrected chi connectivity index (χ0v) is 9.77. The number of aliphatic hydroxyl groups excluding tert-OH is 1. The number of carbonyl (C=O) groups is 1. The highest BCUT2D eigenvalue weighted by molar-refractivity contribution is 5.82. The molecule has 2 aliphatic rings. The van der Waals surface area contributed by atoms with Crippen LogP contribution >= 0.6 is 0 Å². The molecule has 3 N–H and O–H groups in total. The second-order valence-corrected chi connectivity index (χ2v) is 5.05. The lowest BCUT2D eigenvalue weighted by Crippen LogP contribution is -2.55. The van der Waals surface area contributed by atoms with Gasteiger partial charge in [0, 0.05) is 6.54 Å². The van der Waals surface area contributed by atoms with Crippen LogP contribution in [-0.2, 0) is 4.79 Å². The summed E-state index contributed by atoms with van der Waals surface area (Å²) >= 11 is 0. The van der Waals surface area contributed by atoms with Crippen molar-refractivity contribution in [2.24, 2.45) is 5.73 Å². The number of piperidine rings is 1. The fourth-order valence-electron chi connectivity index (χ4n) is 2.89. The van der Waals surface area contributed by atoms with Crippen LogP contribution in [0.1, 0.15) is 44.9 Å². The predicted molar refractivity (Wildman–Crippen MR) is 61.8 cm³/mol. The van der Waals surface area contributed by atoms with E-state index in [-0.39, 0.29) is 24.1 Å². The Morgan fingerprint density at radius 1 is 1.12 bits per heavy atom. The Kier molecular flexibility index (Phi) is 3.82. The Hall–Kier alpha value is -0.610. The molecule has 4 nitrogen and oxygen atoms in total. The number of hydrogen-bond donors (Lipinski definition) is 2. The highest BCUT2D eigenvalue weighted by Crippen LogP contribution is 2.25. The average Bonchev–Trinajstić information content (AvgIpc) is 2.47. The van der Waals surface area contributed by atoms with Crippen LogP contribution in [0.3, 0.4) is 0 Å². The summed E-state index contributed by atoms with van der Waals surface area (Å²) in [6.07, 6.45) is 6.52. The molecule has 1 saturated carbocycles. The third-order valence-electron chi connectivity index (χ3n) is 3.86. The molecule has 16 heavy (non-hydrogen) atoms. The zero-order valence-electron chi connectivity index (χ0n) is 9.77. The van der Waals surface area contributed by atoms with Crippen LogP contribution < -0.4 is 5.73 Å². The Bertz CT molecular complexity index is 257. The van der Waals surface area contributed by atoms with E-state index in [4.69, 9.17) is 5.73 Å². The number of amides is 1. The number of nitrogens with two attached hydrogens (primary N) is 1. The Morgan fingerprint density at radius 2 is 1.88 bits per heavy atom. The molecular formula is C12H22N2O2. The van der Waals surface area contributed by atoms with Crippen LogP contribution in [0.15, 0.2) is 0 Å². The quantitative estimate of drug-likeness (QED) is 0.644. The van der Waals surface area contributed by atoms with Gasteiger partial charge in [-0.25, -0.2) is 0 Å². The fourth-order valence-corrected chi connectivity index (χ4v) is 2.89. The SMILES string of the molecule is NC1CCCN(C2CCCCCC2O)C1=O. The van der Waals surface area contributed by atoms with Gasteiger partial charge in [0.1, 0.15) is 0 Å². The van der Waals surface area contributed by atoms with Crippen molar-refractivity contribution in [3.8, 4) is 0 Å². The van der Waals surface area contributed by atoms with E-state index in [9.17, 15) is 9.90 Å². The number of nitrogens with zero attached hydrogens (tertiary/aromatic N) is 1. The molecule has 3 atom stereocenters. The molecule has 92 valence electrons. The second kappa shape index (κ2) is 5.15. The number of rotatable bonds is 1. The van der Waals surface area contributed by atoms with Crippen molar-refractivity contribution < 1.29 is 9.90 Å². The molecule has 3 unspecified atom stereocenters. The lowest BCUT2D eigenvalue weighted by Gasteiger charge is -2.38. The van der Waals surface area contributed by atoms with Gasteiger partial charge in [0.05, 0.1) is 18.2 Å². The maximum atomic E-state index is 12.0. The maximum absolute atomic E-state index is 12.0. The van der Waals surface area contributed by atoms with Crippen molar-refractivity contribution in [2.45, 2.75) is 63.1 Å². The van der Waals surface area contributed by atoms with Crippen molar-refractivity contribution in [3.05, 3.63) is 0 Å². The summed E-state index contributed by atoms with van der Waals surface area (Å²) in [5, 5.41) is 10.1. The molecule has 1 aliphatic carbocycles. The van der Waals surface area contributed by atoms with Gasteiger partial charge < -0.3 is 15.7 Å². The zero-order chi connectivity index (χ0) is 11.5. The van der Waals surface area contributed by atoms with E-state index >= 15 is 0 Å². The summed E-state index contributed by atoms with van der Waals surface area (Å²) in [5.74, 6) is 0.0391. The summed E-state index contributed by atoms with van der Waals surface area (Å²) in [7, 11) is 0. The molecule has 2 fully saturated rings. The highest BCUT2D eigenvalue weighted by atomic mass is 16.3. The molecule has 0 aromatic carbocycles. The first-order chi connectivity index (χ1) is 7.70. The first-order valence-corrected chi connectivity index (χ1v) is 6.44. The Morgan fingerprint density at radius 3 is 2.69 bits per heavy atom. The van der Waals surface area contributed by atoms with Gasteiger partial charge in [-0.05, 0) is 25.7 Å². The van der Waals surface area contributed by atoms with Crippen LogP contribution in [0, 0.1) is 0 Å². The normalized spacial score (nSPS) is 37.2. The number of carbonyl (C=O) groups excluding carboxylic acids is 1. The van der Waals surface area contributed by atoms with Crippen LogP contribution in [0.2, 0.25) is 0 Å². The van der Waals surface area contributed by atoms with Crippen molar-refractivity contribution in [2.75, 3.05) is 6.54 Å². The number of hydrogen-bond acceptors (Lipinski definition) is 3. The largest absolute Gasteiger partial charge is 0.391 e. The van der Waals surface area contributed by atoms with E-state index in [1.807, 2.05) is 4.90 Å². The maximum Gasteiger partial charge on any atom is 0.239 e. The number of aliphatic hydroxyl groups is 1. The summed E-state index contributed by atoms with van der Waals surface area (Å²) in [5.41, 5.74) is 5.79. The lowest BCUT2D eigenvalue weighted by atomic mass is 9.98. The van der Waals surface area contributed by atoms with Gasteiger partial charge in [-0.3, -0.25) is 4.79 Å². The summed E-state index contributed by atoms with van der Waals surface area (Å²) in [4.78, 5) is 13.8. The average molecular weight is 226 g/mol. The van der Waals surface area contributed by atoms with Gasteiger partial charge in [0.2, 0.25) is 5.91 Å². The third-order valence-corrected chi connectivity index (χ3v) is 3.86. The molecule has 1 aliphatic heterocycles. The Balaban J connectivity index is 2.05. The van der Waals surface area contributed by atoms with Crippen molar-refractivity contribution in [1.82, 2.24) is 4.90 Å². The topological polar surface area (TPSA) is 66.6 Å². The molecule has 2 rings (SSSR count). The molecule has 0 radical (unpaired) electrons. The van der Waals surface area contributed by atoms with Crippen molar-refractivity contribution in [3.63, 3.8) is 0 Å². The van der Waals surface area contributed by atoms with Gasteiger partial charge >= 0.3 is 0 Å². The fraction of sp³-hybridized carbons (Fsp3) is 0.917. The summed E-state index contributed by atoms with van der Waals surface area (Å²) in [6.45, 7) is 0.772. The molecule has 0 bridgehead atoms. The molecular weight excluding hydrogens is 204 g/mol. The lowest BCUT2D eigenvalue weighted by molar-refractivity contribution is -0.140. The van der Waals surface area contributed by atoms with Crippen LogP contribution in [0.5, 0.6) is 0 Å². The van der Waals surface area contributed by atoms with Gasteiger partial charge in [-0.1, -0.05) is 19.3 Å². The Labute approximate surface area is 96.8 Å². The van der Waals surface area contributed by atoms with Crippen LogP contribution in [0.4, 0.5) is 0 Å². The van der Waals surface area contributed by atoms with Crippen molar-refractivity contribution >= 4 is 5.91 Å². The van der Waals surface area contributed by atoms with E-state index in [1.165, 1.54) is 6.42 Å². The molecule has 4 heteroatoms. The van der Waals surface area contributed by atoms with Gasteiger partial charge in [-0.2, -0.15) is 0 Å². The third kappa shape index (κ3) is 2.38. The molecule has 0 aromatic heterocycles. The van der Waals surface area contributed by atoms with E-state index in [0.717, 1.165) is 45.1 Å². The summed E-state index contributed by atoms with van der Waals surface area (Å²) in [6, 6.07) is -0.328. The van der Waals surface area contributed by atoms with E-state index in [0.29, 0.717) is 0 Å². The predicted octanol–water partition coefficient (Wildman–Crippen LogP) is 0.630. The molecule has 1 amide bonds. The molecule has 1 heterocycles. The van der Waals surface area contributed by atoms with Crippen LogP contribution in [-0.4, -0.2) is 40.6 Å². The van der Waals surface area contributed by atoms with Gasteiger partial charge in [0.15, 0.2) is 0 Å². The minimum absolute atomic E-state index is 0.0151. The standard InChI is InChI=1S/C12H22N2O2/c13-9-5-4-8-14(12(9)16)10-6-2-1-3-7-11(10)15/h9-11,15H,1-8,13H2. The summed E-state index contributed by atoms with van der Waals surface area (Å²) < 4.78 is 0. The number of likely N-dealkylation sites (tertiary alicyclic amines) is 1. The second-order valence-electron chi connectivity index (χ2n) is 5.05. The van der Waals surface area contributed by atoms with Gasteiger partial charge in [-0.15, -0.1) is 0 Å². The van der Waals surface area contributed by atoms with Gasteiger partial charge in [0.25, 0.3) is 0 Å². The molecule has 0 aromatic rings. The minimum atomic E-state index is -0.350. The van der Waals surface area contributed by atoms with Crippen molar-refractivity contribution in [1.29, 1.82) is 0 Å². The molecule has 0 spiro atoms. The minimum Gasteiger partial charge on any atom is -0.391 e. The first-order valence-electron chi connectivity index (χ1n) is 6.44. The first kappa shape index (κ1) is 11.9. The van der Waals surface area contributed by atoms with E-state index in [1.54, 1.807) is 0 Å². The highest BCUT2D eigenvalue weighted by Gasteiger charge is 2.34. The van der Waals surface area contributed by atoms with E-state index < -0.39 is 0 Å².